The van der Waals surface area contributed by atoms with E-state index < -0.39 is 54.6 Å². The minimum atomic E-state index is -3.10. The fourth-order valence-corrected chi connectivity index (χ4v) is 7.04. The second-order valence-corrected chi connectivity index (χ2v) is 12.6. The summed E-state index contributed by atoms with van der Waals surface area (Å²) in [5.74, 6) is -4.24. The number of benzene rings is 2. The van der Waals surface area contributed by atoms with Crippen LogP contribution >= 0.6 is 15.9 Å². The van der Waals surface area contributed by atoms with Crippen LogP contribution in [0.2, 0.25) is 0 Å². The van der Waals surface area contributed by atoms with Gasteiger partial charge in [0.05, 0.1) is 35.1 Å². The number of alkyl halides is 4. The molecule has 43 heavy (non-hydrogen) atoms. The largest absolute Gasteiger partial charge is 0.484 e. The van der Waals surface area contributed by atoms with Crippen molar-refractivity contribution in [3.63, 3.8) is 0 Å². The molecule has 4 fully saturated rings. The summed E-state index contributed by atoms with van der Waals surface area (Å²) >= 11 is 3.44. The van der Waals surface area contributed by atoms with E-state index in [-0.39, 0.29) is 55.0 Å². The van der Waals surface area contributed by atoms with Gasteiger partial charge in [0.1, 0.15) is 11.9 Å². The van der Waals surface area contributed by atoms with Crippen molar-refractivity contribution in [2.75, 3.05) is 18.0 Å². The van der Waals surface area contributed by atoms with Crippen molar-refractivity contribution in [1.82, 2.24) is 10.3 Å². The Balaban J connectivity index is 1.39. The number of carboxylic acids is 1. The Morgan fingerprint density at radius 3 is 2.40 bits per heavy atom. The van der Waals surface area contributed by atoms with Gasteiger partial charge in [-0.05, 0) is 62.9 Å². The summed E-state index contributed by atoms with van der Waals surface area (Å²) in [4.78, 5) is 32.6. The molecule has 3 saturated carbocycles. The first-order valence-electron chi connectivity index (χ1n) is 13.8. The van der Waals surface area contributed by atoms with Crippen LogP contribution in [0, 0.1) is 12.3 Å². The number of nitrogens with zero attached hydrogens (tertiary/aromatic N) is 2. The molecule has 13 heteroatoms. The van der Waals surface area contributed by atoms with Crippen molar-refractivity contribution in [2.45, 2.75) is 63.2 Å². The number of amides is 1. The highest BCUT2D eigenvalue weighted by atomic mass is 79.9. The van der Waals surface area contributed by atoms with E-state index in [0.717, 1.165) is 0 Å². The van der Waals surface area contributed by atoms with E-state index in [2.05, 4.69) is 31.0 Å². The number of carbonyl (C=O) groups excluding carboxylic acids is 1. The van der Waals surface area contributed by atoms with Crippen molar-refractivity contribution in [3.05, 3.63) is 58.1 Å². The SMILES string of the molecule is Cc1c(N2CC(F)(F)C2)nc2ccc(Br)cc2c1C(=O)NC12CCC(C(=O)O)(CC1)CC2Oc1ccccc1OC(F)F. The lowest BCUT2D eigenvalue weighted by atomic mass is 9.55. The van der Waals surface area contributed by atoms with Crippen LogP contribution in [-0.4, -0.2) is 59.2 Å². The minimum absolute atomic E-state index is 0.00461. The second kappa shape index (κ2) is 10.5. The molecule has 2 aromatic carbocycles. The van der Waals surface area contributed by atoms with Crippen molar-refractivity contribution in [2.24, 2.45) is 5.41 Å². The van der Waals surface area contributed by atoms with Crippen molar-refractivity contribution < 1.29 is 41.7 Å². The Labute approximate surface area is 252 Å². The van der Waals surface area contributed by atoms with Crippen LogP contribution in [0.3, 0.4) is 0 Å². The van der Waals surface area contributed by atoms with Crippen LogP contribution in [0.4, 0.5) is 23.4 Å². The minimum Gasteiger partial charge on any atom is -0.484 e. The standard InChI is InChI=1S/C30H28BrF4N3O5/c1-16-23(18-12-17(31)6-7-19(18)36-24(16)38-14-30(34,35)15-38)25(39)37-29-10-8-28(9-11-29,26(40)41)13-22(29)42-20-4-2-3-5-21(20)43-27(32)33/h2-7,12,22,27H,8-11,13-15H2,1H3,(H,37,39)(H,40,41). The number of fused-ring (bicyclic) bond motifs is 4. The highest BCUT2D eigenvalue weighted by Crippen LogP contribution is 2.54. The van der Waals surface area contributed by atoms with Gasteiger partial charge >= 0.3 is 12.6 Å². The van der Waals surface area contributed by atoms with Gasteiger partial charge in [0.2, 0.25) is 0 Å². The van der Waals surface area contributed by atoms with Crippen LogP contribution in [0.5, 0.6) is 11.5 Å². The molecule has 0 spiro atoms. The molecular weight excluding hydrogens is 638 g/mol. The number of aliphatic carboxylic acids is 1. The van der Waals surface area contributed by atoms with E-state index in [0.29, 0.717) is 20.9 Å². The first-order chi connectivity index (χ1) is 20.3. The van der Waals surface area contributed by atoms with Gasteiger partial charge in [-0.1, -0.05) is 28.1 Å². The number of para-hydroxylation sites is 2. The van der Waals surface area contributed by atoms with Crippen molar-refractivity contribution >= 4 is 44.5 Å². The highest BCUT2D eigenvalue weighted by molar-refractivity contribution is 9.10. The fourth-order valence-electron chi connectivity index (χ4n) is 6.68. The van der Waals surface area contributed by atoms with Gasteiger partial charge in [-0.3, -0.25) is 9.59 Å². The Morgan fingerprint density at radius 2 is 1.77 bits per heavy atom. The predicted molar refractivity (Wildman–Crippen MR) is 152 cm³/mol. The average Bonchev–Trinajstić information content (AvgIpc) is 2.93. The summed E-state index contributed by atoms with van der Waals surface area (Å²) in [6.45, 7) is -2.47. The number of ether oxygens (including phenoxy) is 2. The lowest BCUT2D eigenvalue weighted by Crippen LogP contribution is -2.67. The second-order valence-electron chi connectivity index (χ2n) is 11.6. The van der Waals surface area contributed by atoms with E-state index >= 15 is 0 Å². The number of rotatable bonds is 8. The number of aromatic nitrogens is 1. The van der Waals surface area contributed by atoms with Crippen molar-refractivity contribution in [3.8, 4) is 11.5 Å². The molecule has 1 aromatic heterocycles. The maximum Gasteiger partial charge on any atom is 0.387 e. The third-order valence-corrected chi connectivity index (χ3v) is 9.47. The molecular formula is C30H28BrF4N3O5. The summed E-state index contributed by atoms with van der Waals surface area (Å²) < 4.78 is 65.4. The Kier molecular flexibility index (Phi) is 7.22. The summed E-state index contributed by atoms with van der Waals surface area (Å²) in [5, 5.41) is 13.8. The predicted octanol–water partition coefficient (Wildman–Crippen LogP) is 6.33. The van der Waals surface area contributed by atoms with E-state index in [1.54, 1.807) is 31.2 Å². The van der Waals surface area contributed by atoms with Crippen LogP contribution in [0.15, 0.2) is 46.9 Å². The molecule has 228 valence electrons. The molecule has 1 unspecified atom stereocenters. The highest BCUT2D eigenvalue weighted by Gasteiger charge is 2.60. The molecule has 1 atom stereocenters. The zero-order chi connectivity index (χ0) is 30.7. The fraction of sp³-hybridized carbons (Fsp3) is 0.433. The summed E-state index contributed by atoms with van der Waals surface area (Å²) in [5.41, 5.74) is -0.994. The van der Waals surface area contributed by atoms with E-state index in [4.69, 9.17) is 4.74 Å². The molecule has 2 bridgehead atoms. The number of pyridine rings is 1. The molecule has 8 nitrogen and oxygen atoms in total. The van der Waals surface area contributed by atoms with Gasteiger partial charge in [-0.2, -0.15) is 8.78 Å². The van der Waals surface area contributed by atoms with Crippen LogP contribution < -0.4 is 19.7 Å². The first-order valence-corrected chi connectivity index (χ1v) is 14.6. The number of carbonyl (C=O) groups is 2. The molecule has 0 radical (unpaired) electrons. The zero-order valence-corrected chi connectivity index (χ0v) is 24.6. The monoisotopic (exact) mass is 665 g/mol. The Bertz CT molecular complexity index is 1600. The topological polar surface area (TPSA) is 101 Å². The number of halogens is 5. The van der Waals surface area contributed by atoms with Gasteiger partial charge in [-0.15, -0.1) is 0 Å². The summed E-state index contributed by atoms with van der Waals surface area (Å²) in [6, 6.07) is 11.0. The third kappa shape index (κ3) is 5.25. The number of hydrogen-bond donors (Lipinski definition) is 2. The molecule has 2 heterocycles. The maximum atomic E-state index is 14.3. The smallest absolute Gasteiger partial charge is 0.387 e. The van der Waals surface area contributed by atoms with Gasteiger partial charge in [0, 0.05) is 21.8 Å². The molecule has 3 aromatic rings. The lowest BCUT2D eigenvalue weighted by Gasteiger charge is -2.55. The van der Waals surface area contributed by atoms with Gasteiger partial charge < -0.3 is 24.8 Å². The zero-order valence-electron chi connectivity index (χ0n) is 23.0. The van der Waals surface area contributed by atoms with Crippen LogP contribution in [0.25, 0.3) is 10.9 Å². The van der Waals surface area contributed by atoms with Crippen LogP contribution in [-0.2, 0) is 4.79 Å². The summed E-state index contributed by atoms with van der Waals surface area (Å²) in [6.07, 6.45) is 0.267. The Morgan fingerprint density at radius 1 is 1.09 bits per heavy atom. The maximum absolute atomic E-state index is 14.3. The van der Waals surface area contributed by atoms with Crippen LogP contribution in [0.1, 0.15) is 48.0 Å². The molecule has 3 aliphatic carbocycles. The number of nitrogens with one attached hydrogen (secondary N) is 1. The van der Waals surface area contributed by atoms with Gasteiger partial charge in [0.15, 0.2) is 11.5 Å². The molecule has 7 rings (SSSR count). The number of hydrogen-bond acceptors (Lipinski definition) is 6. The third-order valence-electron chi connectivity index (χ3n) is 8.98. The molecule has 2 N–H and O–H groups in total. The summed E-state index contributed by atoms with van der Waals surface area (Å²) in [7, 11) is 0. The quantitative estimate of drug-likeness (QED) is 0.271. The average molecular weight is 666 g/mol. The van der Waals surface area contributed by atoms with Gasteiger partial charge in [0.25, 0.3) is 11.8 Å². The number of anilines is 1. The van der Waals surface area contributed by atoms with E-state index in [1.807, 2.05) is 0 Å². The molecule has 1 saturated heterocycles. The molecule has 1 amide bonds. The van der Waals surface area contributed by atoms with Crippen molar-refractivity contribution in [1.29, 1.82) is 0 Å². The Hall–Kier alpha value is -3.61. The molecule has 4 aliphatic rings. The number of carboxylic acid groups (broad SMARTS) is 1. The van der Waals surface area contributed by atoms with E-state index in [1.165, 1.54) is 23.1 Å². The first kappa shape index (κ1) is 29.5. The lowest BCUT2D eigenvalue weighted by molar-refractivity contribution is -0.163. The molecule has 1 aliphatic heterocycles. The normalized spacial score (nSPS) is 25.8. The van der Waals surface area contributed by atoms with E-state index in [9.17, 15) is 32.3 Å². The van der Waals surface area contributed by atoms with Gasteiger partial charge in [-0.25, -0.2) is 13.8 Å².